The molecule has 1 aromatic heterocycles. The second-order valence-electron chi connectivity index (χ2n) is 10.2. The summed E-state index contributed by atoms with van der Waals surface area (Å²) in [6.07, 6.45) is 4.73. The number of pyridine rings is 1. The summed E-state index contributed by atoms with van der Waals surface area (Å²) in [6, 6.07) is 11.0. The van der Waals surface area contributed by atoms with Crippen LogP contribution < -0.4 is 10.9 Å². The molecule has 0 spiro atoms. The van der Waals surface area contributed by atoms with Gasteiger partial charge in [0.05, 0.1) is 17.1 Å². The van der Waals surface area contributed by atoms with E-state index in [4.69, 9.17) is 4.74 Å². The van der Waals surface area contributed by atoms with Gasteiger partial charge >= 0.3 is 5.97 Å². The van der Waals surface area contributed by atoms with Gasteiger partial charge in [0, 0.05) is 25.2 Å². The standard InChI is InChI=1S/C27H38N4O3/c1-5-6-7-23(26(33)34-27(2,3)4)29-22-12-14-30(15-13-22)16-17-31-24-18-20(19-28)8-9-21(24)10-11-25(31)32/h8-11,18,22-23,29H,5-7,12-17H2,1-4H3. The second-order valence-corrected chi connectivity index (χ2v) is 10.2. The number of rotatable bonds is 9. The fourth-order valence-corrected chi connectivity index (χ4v) is 4.49. The summed E-state index contributed by atoms with van der Waals surface area (Å²) >= 11 is 0. The largest absolute Gasteiger partial charge is 0.459 e. The normalized spacial score (nSPS) is 16.3. The Morgan fingerprint density at radius 3 is 2.56 bits per heavy atom. The van der Waals surface area contributed by atoms with E-state index in [0.717, 1.165) is 62.6 Å². The molecule has 1 aromatic carbocycles. The molecule has 1 atom stereocenters. The maximum Gasteiger partial charge on any atom is 0.323 e. The number of nitrogens with zero attached hydrogens (tertiary/aromatic N) is 3. The Balaban J connectivity index is 1.57. The first-order valence-corrected chi connectivity index (χ1v) is 12.4. The Morgan fingerprint density at radius 1 is 1.21 bits per heavy atom. The van der Waals surface area contributed by atoms with Crippen molar-refractivity contribution in [1.82, 2.24) is 14.8 Å². The number of hydrogen-bond donors (Lipinski definition) is 1. The number of fused-ring (bicyclic) bond motifs is 1. The fraction of sp³-hybridized carbons (Fsp3) is 0.593. The first-order chi connectivity index (χ1) is 16.2. The van der Waals surface area contributed by atoms with Crippen LogP contribution in [0.3, 0.4) is 0 Å². The number of carbonyl (C=O) groups excluding carboxylic acids is 1. The molecule has 3 rings (SSSR count). The predicted octanol–water partition coefficient (Wildman–Crippen LogP) is 3.83. The number of ether oxygens (including phenoxy) is 1. The average Bonchev–Trinajstić information content (AvgIpc) is 2.80. The molecule has 1 aliphatic rings. The monoisotopic (exact) mass is 466 g/mol. The van der Waals surface area contributed by atoms with E-state index >= 15 is 0 Å². The van der Waals surface area contributed by atoms with E-state index in [1.807, 2.05) is 32.9 Å². The Bertz CT molecular complexity index is 1070. The highest BCUT2D eigenvalue weighted by Gasteiger charge is 2.28. The van der Waals surface area contributed by atoms with Crippen molar-refractivity contribution in [3.63, 3.8) is 0 Å². The van der Waals surface area contributed by atoms with E-state index < -0.39 is 5.60 Å². The number of nitrogens with one attached hydrogen (secondary N) is 1. The Morgan fingerprint density at radius 2 is 1.91 bits per heavy atom. The number of hydrogen-bond acceptors (Lipinski definition) is 6. The lowest BCUT2D eigenvalue weighted by Gasteiger charge is -2.35. The van der Waals surface area contributed by atoms with E-state index in [0.29, 0.717) is 12.1 Å². The van der Waals surface area contributed by atoms with Gasteiger partial charge in [0.25, 0.3) is 5.56 Å². The van der Waals surface area contributed by atoms with Gasteiger partial charge in [-0.1, -0.05) is 25.8 Å². The van der Waals surface area contributed by atoms with Crippen LogP contribution in [-0.4, -0.2) is 52.8 Å². The third-order valence-corrected chi connectivity index (χ3v) is 6.32. The van der Waals surface area contributed by atoms with Crippen molar-refractivity contribution >= 4 is 16.9 Å². The molecule has 0 amide bonds. The summed E-state index contributed by atoms with van der Waals surface area (Å²) in [7, 11) is 0. The smallest absolute Gasteiger partial charge is 0.323 e. The van der Waals surface area contributed by atoms with Crippen molar-refractivity contribution in [3.8, 4) is 6.07 Å². The summed E-state index contributed by atoms with van der Waals surface area (Å²) in [5.74, 6) is -0.157. The minimum Gasteiger partial charge on any atom is -0.459 e. The first-order valence-electron chi connectivity index (χ1n) is 12.4. The SMILES string of the molecule is CCCCC(NC1CCN(CCn2c(=O)ccc3ccc(C#N)cc32)CC1)C(=O)OC(C)(C)C. The molecule has 0 aliphatic carbocycles. The molecule has 2 aromatic rings. The van der Waals surface area contributed by atoms with Crippen molar-refractivity contribution in [1.29, 1.82) is 5.26 Å². The second kappa shape index (κ2) is 11.6. The van der Waals surface area contributed by atoms with Gasteiger partial charge in [-0.15, -0.1) is 0 Å². The molecule has 1 saturated heterocycles. The minimum atomic E-state index is -0.486. The Labute approximate surface area is 202 Å². The molecule has 0 bridgehead atoms. The number of unbranched alkanes of at least 4 members (excludes halogenated alkanes) is 1. The molecule has 7 nitrogen and oxygen atoms in total. The summed E-state index contributed by atoms with van der Waals surface area (Å²) in [4.78, 5) is 27.6. The summed E-state index contributed by atoms with van der Waals surface area (Å²) in [6.45, 7) is 11.0. The van der Waals surface area contributed by atoms with Crippen LogP contribution in [0.25, 0.3) is 10.9 Å². The number of esters is 1. The Kier molecular flexibility index (Phi) is 8.87. The highest BCUT2D eigenvalue weighted by molar-refractivity contribution is 5.80. The number of aromatic nitrogens is 1. The van der Waals surface area contributed by atoms with E-state index in [1.54, 1.807) is 22.8 Å². The van der Waals surface area contributed by atoms with Gasteiger partial charge in [-0.05, 0) is 76.7 Å². The van der Waals surface area contributed by atoms with E-state index in [1.165, 1.54) is 0 Å². The van der Waals surface area contributed by atoms with Crippen molar-refractivity contribution in [2.24, 2.45) is 0 Å². The molecule has 1 fully saturated rings. The summed E-state index contributed by atoms with van der Waals surface area (Å²) in [5.41, 5.74) is 0.830. The molecule has 1 aliphatic heterocycles. The topological polar surface area (TPSA) is 87.4 Å². The van der Waals surface area contributed by atoms with Crippen molar-refractivity contribution < 1.29 is 9.53 Å². The zero-order valence-corrected chi connectivity index (χ0v) is 21.0. The Hall–Kier alpha value is -2.69. The lowest BCUT2D eigenvalue weighted by molar-refractivity contribution is -0.158. The lowest BCUT2D eigenvalue weighted by atomic mass is 10.0. The van der Waals surface area contributed by atoms with Crippen molar-refractivity contribution in [2.75, 3.05) is 19.6 Å². The number of piperidine rings is 1. The van der Waals surface area contributed by atoms with Gasteiger partial charge in [-0.3, -0.25) is 9.59 Å². The quantitative estimate of drug-likeness (QED) is 0.565. The first kappa shape index (κ1) is 25.9. The fourth-order valence-electron chi connectivity index (χ4n) is 4.49. The third kappa shape index (κ3) is 7.15. The van der Waals surface area contributed by atoms with Gasteiger partial charge < -0.3 is 19.5 Å². The molecule has 1 unspecified atom stereocenters. The van der Waals surface area contributed by atoms with Crippen LogP contribution in [0.4, 0.5) is 0 Å². The summed E-state index contributed by atoms with van der Waals surface area (Å²) < 4.78 is 7.41. The van der Waals surface area contributed by atoms with Crippen LogP contribution in [0.1, 0.15) is 65.4 Å². The number of nitriles is 1. The lowest BCUT2D eigenvalue weighted by Crippen LogP contribution is -2.50. The van der Waals surface area contributed by atoms with Crippen molar-refractivity contribution in [2.45, 2.75) is 84.0 Å². The van der Waals surface area contributed by atoms with Crippen LogP contribution in [-0.2, 0) is 16.1 Å². The number of likely N-dealkylation sites (tertiary alicyclic amines) is 1. The summed E-state index contributed by atoms with van der Waals surface area (Å²) in [5, 5.41) is 13.8. The van der Waals surface area contributed by atoms with E-state index in [-0.39, 0.29) is 23.6 Å². The average molecular weight is 467 g/mol. The van der Waals surface area contributed by atoms with E-state index in [2.05, 4.69) is 23.2 Å². The van der Waals surface area contributed by atoms with E-state index in [9.17, 15) is 14.9 Å². The van der Waals surface area contributed by atoms with Crippen LogP contribution in [0.2, 0.25) is 0 Å². The molecular weight excluding hydrogens is 428 g/mol. The van der Waals surface area contributed by atoms with Crippen LogP contribution in [0.5, 0.6) is 0 Å². The van der Waals surface area contributed by atoms with Gasteiger partial charge in [-0.2, -0.15) is 5.26 Å². The van der Waals surface area contributed by atoms with Gasteiger partial charge in [-0.25, -0.2) is 0 Å². The maximum atomic E-state index is 12.7. The molecule has 7 heteroatoms. The molecular formula is C27H38N4O3. The minimum absolute atomic E-state index is 0.0460. The molecule has 1 N–H and O–H groups in total. The zero-order chi connectivity index (χ0) is 24.7. The van der Waals surface area contributed by atoms with Crippen LogP contribution in [0, 0.1) is 11.3 Å². The van der Waals surface area contributed by atoms with Crippen molar-refractivity contribution in [3.05, 3.63) is 46.2 Å². The van der Waals surface area contributed by atoms with Gasteiger partial charge in [0.1, 0.15) is 11.6 Å². The highest BCUT2D eigenvalue weighted by atomic mass is 16.6. The van der Waals surface area contributed by atoms with Crippen LogP contribution in [0.15, 0.2) is 35.1 Å². The predicted molar refractivity (Wildman–Crippen MR) is 135 cm³/mol. The molecule has 0 saturated carbocycles. The molecule has 184 valence electrons. The zero-order valence-electron chi connectivity index (χ0n) is 21.0. The molecule has 0 radical (unpaired) electrons. The third-order valence-electron chi connectivity index (χ3n) is 6.32. The molecule has 2 heterocycles. The maximum absolute atomic E-state index is 12.7. The van der Waals surface area contributed by atoms with Gasteiger partial charge in [0.2, 0.25) is 0 Å². The van der Waals surface area contributed by atoms with Gasteiger partial charge in [0.15, 0.2) is 0 Å². The van der Waals surface area contributed by atoms with Crippen LogP contribution >= 0.6 is 0 Å². The molecule has 34 heavy (non-hydrogen) atoms. The number of benzene rings is 1. The number of carbonyl (C=O) groups is 1. The highest BCUT2D eigenvalue weighted by Crippen LogP contribution is 2.17.